The lowest BCUT2D eigenvalue weighted by Gasteiger charge is -2.40. The summed E-state index contributed by atoms with van der Waals surface area (Å²) >= 11 is 0. The number of carbonyl (C=O) groups is 1. The number of primary amides is 1. The second-order valence-electron chi connectivity index (χ2n) is 13.3. The molecule has 45 heavy (non-hydrogen) atoms. The van der Waals surface area contributed by atoms with E-state index in [-0.39, 0.29) is 35.3 Å². The van der Waals surface area contributed by atoms with Crippen LogP contribution in [0.3, 0.4) is 0 Å². The first kappa shape index (κ1) is 34.0. The Hall–Kier alpha value is -3.83. The van der Waals surface area contributed by atoms with Crippen molar-refractivity contribution in [3.8, 4) is 17.2 Å². The second-order valence-corrected chi connectivity index (χ2v) is 18.0. The third-order valence-corrected chi connectivity index (χ3v) is 13.4. The molecule has 0 aliphatic rings. The van der Waals surface area contributed by atoms with Crippen molar-refractivity contribution < 1.29 is 29.3 Å². The Balaban J connectivity index is 1.55. The van der Waals surface area contributed by atoms with Gasteiger partial charge in [-0.25, -0.2) is 0 Å². The number of aromatic hydroxyl groups is 2. The molecule has 3 aromatic carbocycles. The van der Waals surface area contributed by atoms with Crippen LogP contribution in [0.15, 0.2) is 60.7 Å². The van der Waals surface area contributed by atoms with E-state index < -0.39 is 14.2 Å². The van der Waals surface area contributed by atoms with Gasteiger partial charge in [-0.1, -0.05) is 45.0 Å². The summed E-state index contributed by atoms with van der Waals surface area (Å²) in [6.45, 7) is 13.8. The van der Waals surface area contributed by atoms with Crippen LogP contribution in [0.5, 0.6) is 17.2 Å². The standard InChI is InChI=1S/C35H47N3O6Si/c1-22(37-19-32(44-45(6,7)35(2,3)4)24-12-14-30(40)27(17-24)21-39)15-23-11-13-28-26(16-23)18-29(34(36)42)38(28)20-25-9-8-10-31(41)33(25)43-5/h8-14,16-18,22,32,37,39-41H,15,19-21H2,1-7H3,(H2,36,42)/t22-,32+/m1/s1. The molecule has 1 amide bonds. The molecule has 0 fully saturated rings. The highest BCUT2D eigenvalue weighted by Gasteiger charge is 2.39. The Morgan fingerprint density at radius 3 is 2.40 bits per heavy atom. The molecule has 4 aromatic rings. The number of aliphatic hydroxyl groups excluding tert-OH is 1. The molecular weight excluding hydrogens is 586 g/mol. The summed E-state index contributed by atoms with van der Waals surface area (Å²) in [6, 6.07) is 18.5. The van der Waals surface area contributed by atoms with Crippen LogP contribution in [-0.2, 0) is 24.0 Å². The molecule has 242 valence electrons. The van der Waals surface area contributed by atoms with Gasteiger partial charge >= 0.3 is 0 Å². The van der Waals surface area contributed by atoms with Gasteiger partial charge < -0.3 is 40.1 Å². The third kappa shape index (κ3) is 7.70. The fraction of sp³-hybridized carbons (Fsp3) is 0.400. The van der Waals surface area contributed by atoms with Crippen molar-refractivity contribution in [2.24, 2.45) is 5.73 Å². The van der Waals surface area contributed by atoms with Gasteiger partial charge in [-0.15, -0.1) is 0 Å². The topological polar surface area (TPSA) is 139 Å². The van der Waals surface area contributed by atoms with Gasteiger partial charge in [-0.2, -0.15) is 0 Å². The van der Waals surface area contributed by atoms with Crippen molar-refractivity contribution in [2.75, 3.05) is 13.7 Å². The van der Waals surface area contributed by atoms with E-state index in [1.54, 1.807) is 24.3 Å². The zero-order valence-corrected chi connectivity index (χ0v) is 28.3. The van der Waals surface area contributed by atoms with Gasteiger partial charge in [-0.3, -0.25) is 4.79 Å². The predicted molar refractivity (Wildman–Crippen MR) is 180 cm³/mol. The highest BCUT2D eigenvalue weighted by Crippen LogP contribution is 2.40. The number of nitrogens with zero attached hydrogens (tertiary/aromatic N) is 1. The first-order chi connectivity index (χ1) is 21.1. The van der Waals surface area contributed by atoms with E-state index in [1.807, 2.05) is 28.8 Å². The molecule has 0 bridgehead atoms. The number of amides is 1. The molecule has 0 unspecified atom stereocenters. The fourth-order valence-corrected chi connectivity index (χ4v) is 6.63. The Bertz CT molecular complexity index is 1660. The highest BCUT2D eigenvalue weighted by atomic mass is 28.4. The van der Waals surface area contributed by atoms with Gasteiger partial charge in [0.15, 0.2) is 19.8 Å². The van der Waals surface area contributed by atoms with E-state index in [0.29, 0.717) is 30.1 Å². The minimum Gasteiger partial charge on any atom is -0.508 e. The summed E-state index contributed by atoms with van der Waals surface area (Å²) in [4.78, 5) is 12.4. The largest absolute Gasteiger partial charge is 0.508 e. The maximum Gasteiger partial charge on any atom is 0.265 e. The molecule has 0 spiro atoms. The first-order valence-corrected chi connectivity index (χ1v) is 18.2. The Kier molecular flexibility index (Phi) is 10.3. The van der Waals surface area contributed by atoms with Crippen LogP contribution in [0.2, 0.25) is 18.1 Å². The Labute approximate surface area is 266 Å². The van der Waals surface area contributed by atoms with Gasteiger partial charge in [0.1, 0.15) is 11.4 Å². The van der Waals surface area contributed by atoms with Crippen molar-refractivity contribution >= 4 is 25.1 Å². The predicted octanol–water partition coefficient (Wildman–Crippen LogP) is 5.98. The van der Waals surface area contributed by atoms with Crippen LogP contribution in [0.1, 0.15) is 66.5 Å². The van der Waals surface area contributed by atoms with Crippen LogP contribution in [0, 0.1) is 0 Å². The smallest absolute Gasteiger partial charge is 0.265 e. The normalized spacial score (nSPS) is 13.6. The van der Waals surface area contributed by atoms with E-state index in [9.17, 15) is 20.1 Å². The highest BCUT2D eigenvalue weighted by molar-refractivity contribution is 6.74. The van der Waals surface area contributed by atoms with E-state index in [1.165, 1.54) is 7.11 Å². The van der Waals surface area contributed by atoms with Crippen molar-refractivity contribution in [1.29, 1.82) is 0 Å². The van der Waals surface area contributed by atoms with Gasteiger partial charge in [0.05, 0.1) is 26.4 Å². The third-order valence-electron chi connectivity index (χ3n) is 8.91. The zero-order chi connectivity index (χ0) is 33.1. The number of rotatable bonds is 13. The first-order valence-electron chi connectivity index (χ1n) is 15.3. The number of para-hydroxylation sites is 1. The zero-order valence-electron chi connectivity index (χ0n) is 27.3. The van der Waals surface area contributed by atoms with Crippen molar-refractivity contribution in [3.05, 3.63) is 88.6 Å². The molecule has 10 heteroatoms. The lowest BCUT2D eigenvalue weighted by atomic mass is 10.0. The average Bonchev–Trinajstić information content (AvgIpc) is 3.32. The number of ether oxygens (including phenoxy) is 1. The molecule has 4 rings (SSSR count). The average molecular weight is 634 g/mol. The minimum absolute atomic E-state index is 0.00913. The SMILES string of the molecule is COc1c(O)cccc1Cn1c(C(N)=O)cc2cc(C[C@@H](C)NC[C@H](O[Si](C)(C)C(C)(C)C)c3ccc(O)c(CO)c3)ccc21. The number of phenolic OH excluding ortho intramolecular Hbond substituents is 1. The molecule has 9 nitrogen and oxygen atoms in total. The summed E-state index contributed by atoms with van der Waals surface area (Å²) in [5.41, 5.74) is 10.2. The number of nitrogens with one attached hydrogen (secondary N) is 1. The van der Waals surface area contributed by atoms with Gasteiger partial charge in [0.2, 0.25) is 0 Å². The van der Waals surface area contributed by atoms with Crippen molar-refractivity contribution in [1.82, 2.24) is 9.88 Å². The number of aromatic nitrogens is 1. The van der Waals surface area contributed by atoms with Gasteiger partial charge in [-0.05, 0) is 79.0 Å². The van der Waals surface area contributed by atoms with Crippen LogP contribution in [0.25, 0.3) is 10.9 Å². The minimum atomic E-state index is -2.15. The molecule has 0 aliphatic heterocycles. The van der Waals surface area contributed by atoms with Crippen LogP contribution in [0.4, 0.5) is 0 Å². The number of methoxy groups -OCH3 is 1. The molecule has 1 heterocycles. The Morgan fingerprint density at radius 2 is 1.76 bits per heavy atom. The molecule has 0 saturated heterocycles. The molecule has 0 radical (unpaired) electrons. The fourth-order valence-electron chi connectivity index (χ4n) is 5.35. The molecule has 1 aromatic heterocycles. The van der Waals surface area contributed by atoms with Gasteiger partial charge in [0.25, 0.3) is 5.91 Å². The number of nitrogens with two attached hydrogens (primary N) is 1. The van der Waals surface area contributed by atoms with E-state index in [4.69, 9.17) is 14.9 Å². The van der Waals surface area contributed by atoms with Gasteiger partial charge in [0, 0.05) is 34.6 Å². The summed E-state index contributed by atoms with van der Waals surface area (Å²) in [6.07, 6.45) is 0.473. The van der Waals surface area contributed by atoms with E-state index >= 15 is 0 Å². The number of hydrogen-bond acceptors (Lipinski definition) is 7. The number of benzene rings is 3. The maximum atomic E-state index is 12.4. The van der Waals surface area contributed by atoms with E-state index in [2.05, 4.69) is 58.2 Å². The maximum absolute atomic E-state index is 12.4. The number of phenols is 2. The molecule has 6 N–H and O–H groups in total. The number of carbonyl (C=O) groups excluding carboxylic acids is 1. The molecule has 0 aliphatic carbocycles. The number of hydrogen-bond donors (Lipinski definition) is 5. The molecule has 2 atom stereocenters. The summed E-state index contributed by atoms with van der Waals surface area (Å²) in [5, 5.41) is 34.7. The van der Waals surface area contributed by atoms with Crippen molar-refractivity contribution in [3.63, 3.8) is 0 Å². The van der Waals surface area contributed by atoms with Crippen LogP contribution in [-0.4, -0.2) is 53.8 Å². The van der Waals surface area contributed by atoms with Crippen LogP contribution >= 0.6 is 0 Å². The monoisotopic (exact) mass is 633 g/mol. The van der Waals surface area contributed by atoms with Crippen molar-refractivity contribution in [2.45, 2.75) is 77.5 Å². The summed E-state index contributed by atoms with van der Waals surface area (Å²) in [7, 11) is -0.644. The Morgan fingerprint density at radius 1 is 1.02 bits per heavy atom. The summed E-state index contributed by atoms with van der Waals surface area (Å²) < 4.78 is 14.1. The second kappa shape index (κ2) is 13.7. The van der Waals surface area contributed by atoms with E-state index in [0.717, 1.165) is 34.0 Å². The quantitative estimate of drug-likeness (QED) is 0.114. The lowest BCUT2D eigenvalue weighted by Crippen LogP contribution is -2.44. The number of aliphatic hydroxyl groups is 1. The molecule has 0 saturated carbocycles. The molecular formula is C35H47N3O6Si. The lowest BCUT2D eigenvalue weighted by molar-refractivity contribution is 0.0992. The number of fused-ring (bicyclic) bond motifs is 1. The van der Waals surface area contributed by atoms with Crippen LogP contribution < -0.4 is 15.8 Å². The summed E-state index contributed by atoms with van der Waals surface area (Å²) in [5.74, 6) is -0.0687.